The van der Waals surface area contributed by atoms with Crippen LogP contribution < -0.4 is 5.32 Å². The molecule has 88 valence electrons. The van der Waals surface area contributed by atoms with E-state index in [-0.39, 0.29) is 11.9 Å². The molecule has 0 radical (unpaired) electrons. The van der Waals surface area contributed by atoms with Crippen LogP contribution in [-0.2, 0) is 0 Å². The van der Waals surface area contributed by atoms with Crippen LogP contribution in [0.2, 0.25) is 0 Å². The van der Waals surface area contributed by atoms with Gasteiger partial charge in [0.05, 0.1) is 0 Å². The van der Waals surface area contributed by atoms with Crippen LogP contribution in [0.25, 0.3) is 0 Å². The van der Waals surface area contributed by atoms with E-state index in [2.05, 4.69) is 34.7 Å². The Labute approximate surface area is 105 Å². The molecular formula is C13H17BrFN. The Kier molecular flexibility index (Phi) is 5.16. The van der Waals surface area contributed by atoms with Gasteiger partial charge in [0.25, 0.3) is 0 Å². The van der Waals surface area contributed by atoms with E-state index in [0.29, 0.717) is 11.6 Å². The molecule has 0 amide bonds. The number of rotatable bonds is 5. The van der Waals surface area contributed by atoms with E-state index in [1.165, 1.54) is 6.07 Å². The molecule has 0 aliphatic heterocycles. The highest BCUT2D eigenvalue weighted by Crippen LogP contribution is 2.21. The average molecular weight is 286 g/mol. The SMILES string of the molecule is C=CCC(C)NC(C)c1ccc(Br)cc1F. The molecular weight excluding hydrogens is 269 g/mol. The van der Waals surface area contributed by atoms with Gasteiger partial charge < -0.3 is 5.32 Å². The van der Waals surface area contributed by atoms with Gasteiger partial charge >= 0.3 is 0 Å². The minimum Gasteiger partial charge on any atom is -0.307 e. The summed E-state index contributed by atoms with van der Waals surface area (Å²) in [5, 5.41) is 3.33. The van der Waals surface area contributed by atoms with Crippen molar-refractivity contribution < 1.29 is 4.39 Å². The summed E-state index contributed by atoms with van der Waals surface area (Å²) in [5.74, 6) is -0.180. The number of halogens is 2. The van der Waals surface area contributed by atoms with Gasteiger partial charge in [-0.25, -0.2) is 4.39 Å². The number of benzene rings is 1. The molecule has 0 aliphatic carbocycles. The summed E-state index contributed by atoms with van der Waals surface area (Å²) in [7, 11) is 0. The second-order valence-electron chi connectivity index (χ2n) is 3.98. The molecule has 0 aliphatic rings. The zero-order valence-corrected chi connectivity index (χ0v) is 11.2. The highest BCUT2D eigenvalue weighted by molar-refractivity contribution is 9.10. The van der Waals surface area contributed by atoms with Crippen LogP contribution in [0.3, 0.4) is 0 Å². The first-order chi connectivity index (χ1) is 7.54. The molecule has 3 heteroatoms. The maximum Gasteiger partial charge on any atom is 0.129 e. The fraction of sp³-hybridized carbons (Fsp3) is 0.385. The van der Waals surface area contributed by atoms with Crippen molar-refractivity contribution in [1.82, 2.24) is 5.32 Å². The van der Waals surface area contributed by atoms with Crippen LogP contribution in [0.1, 0.15) is 31.9 Å². The van der Waals surface area contributed by atoms with Crippen molar-refractivity contribution in [3.8, 4) is 0 Å². The fourth-order valence-corrected chi connectivity index (χ4v) is 2.02. The topological polar surface area (TPSA) is 12.0 Å². The van der Waals surface area contributed by atoms with Gasteiger partial charge in [-0.05, 0) is 32.4 Å². The molecule has 16 heavy (non-hydrogen) atoms. The Morgan fingerprint density at radius 3 is 2.75 bits per heavy atom. The summed E-state index contributed by atoms with van der Waals surface area (Å²) in [4.78, 5) is 0. The third-order valence-electron chi connectivity index (χ3n) is 2.48. The van der Waals surface area contributed by atoms with E-state index in [9.17, 15) is 4.39 Å². The van der Waals surface area contributed by atoms with E-state index in [1.807, 2.05) is 19.1 Å². The maximum atomic E-state index is 13.6. The van der Waals surface area contributed by atoms with Gasteiger partial charge in [0, 0.05) is 22.1 Å². The summed E-state index contributed by atoms with van der Waals surface area (Å²) >= 11 is 3.25. The zero-order chi connectivity index (χ0) is 12.1. The minimum absolute atomic E-state index is 0.00282. The summed E-state index contributed by atoms with van der Waals surface area (Å²) < 4.78 is 14.4. The minimum atomic E-state index is -0.180. The number of nitrogens with one attached hydrogen (secondary N) is 1. The van der Waals surface area contributed by atoms with Crippen LogP contribution in [0, 0.1) is 5.82 Å². The van der Waals surface area contributed by atoms with E-state index >= 15 is 0 Å². The van der Waals surface area contributed by atoms with Gasteiger partial charge in [-0.2, -0.15) is 0 Å². The van der Waals surface area contributed by atoms with Crippen molar-refractivity contribution >= 4 is 15.9 Å². The molecule has 1 nitrogen and oxygen atoms in total. The second-order valence-corrected chi connectivity index (χ2v) is 4.90. The standard InChI is InChI=1S/C13H17BrFN/c1-4-5-9(2)16-10(3)12-7-6-11(14)8-13(12)15/h4,6-10,16H,1,5H2,2-3H3. The van der Waals surface area contributed by atoms with Gasteiger partial charge in [0.2, 0.25) is 0 Å². The summed E-state index contributed by atoms with van der Waals surface area (Å²) in [6.45, 7) is 7.72. The van der Waals surface area contributed by atoms with Crippen LogP contribution in [-0.4, -0.2) is 6.04 Å². The molecule has 0 bridgehead atoms. The predicted molar refractivity (Wildman–Crippen MR) is 69.9 cm³/mol. The smallest absolute Gasteiger partial charge is 0.129 e. The second kappa shape index (κ2) is 6.16. The number of hydrogen-bond donors (Lipinski definition) is 1. The molecule has 1 aromatic rings. The molecule has 0 fully saturated rings. The first kappa shape index (κ1) is 13.4. The predicted octanol–water partition coefficient (Wildman–Crippen LogP) is 4.20. The lowest BCUT2D eigenvalue weighted by Crippen LogP contribution is -2.28. The molecule has 0 aromatic heterocycles. The lowest BCUT2D eigenvalue weighted by atomic mass is 10.1. The zero-order valence-electron chi connectivity index (χ0n) is 9.63. The van der Waals surface area contributed by atoms with Crippen molar-refractivity contribution in [1.29, 1.82) is 0 Å². The molecule has 1 aromatic carbocycles. The molecule has 2 unspecified atom stereocenters. The van der Waals surface area contributed by atoms with Crippen molar-refractivity contribution in [3.05, 3.63) is 46.7 Å². The van der Waals surface area contributed by atoms with Crippen LogP contribution in [0.15, 0.2) is 35.3 Å². The van der Waals surface area contributed by atoms with Gasteiger partial charge in [-0.1, -0.05) is 28.1 Å². The molecule has 1 rings (SSSR count). The lowest BCUT2D eigenvalue weighted by molar-refractivity contribution is 0.465. The molecule has 0 saturated carbocycles. The van der Waals surface area contributed by atoms with E-state index in [1.54, 1.807) is 6.07 Å². The molecule has 0 heterocycles. The van der Waals surface area contributed by atoms with Crippen molar-refractivity contribution in [2.45, 2.75) is 32.4 Å². The van der Waals surface area contributed by atoms with Crippen molar-refractivity contribution in [2.24, 2.45) is 0 Å². The first-order valence-electron chi connectivity index (χ1n) is 5.36. The molecule has 2 atom stereocenters. The van der Waals surface area contributed by atoms with Crippen LogP contribution in [0.5, 0.6) is 0 Å². The Hall–Kier alpha value is -0.670. The third-order valence-corrected chi connectivity index (χ3v) is 2.98. The summed E-state index contributed by atoms with van der Waals surface area (Å²) in [6.07, 6.45) is 2.74. The fourth-order valence-electron chi connectivity index (χ4n) is 1.69. The quantitative estimate of drug-likeness (QED) is 0.800. The highest BCUT2D eigenvalue weighted by atomic mass is 79.9. The normalized spacial score (nSPS) is 14.5. The van der Waals surface area contributed by atoms with Crippen LogP contribution in [0.4, 0.5) is 4.39 Å². The number of hydrogen-bond acceptors (Lipinski definition) is 1. The van der Waals surface area contributed by atoms with Gasteiger partial charge in [0.15, 0.2) is 0 Å². The van der Waals surface area contributed by atoms with Crippen molar-refractivity contribution in [3.63, 3.8) is 0 Å². The molecule has 0 spiro atoms. The van der Waals surface area contributed by atoms with Gasteiger partial charge in [-0.15, -0.1) is 6.58 Å². The van der Waals surface area contributed by atoms with E-state index in [4.69, 9.17) is 0 Å². The molecule has 0 saturated heterocycles. The van der Waals surface area contributed by atoms with Crippen molar-refractivity contribution in [2.75, 3.05) is 0 Å². The Morgan fingerprint density at radius 1 is 1.50 bits per heavy atom. The maximum absolute atomic E-state index is 13.6. The molecule has 1 N–H and O–H groups in total. The largest absolute Gasteiger partial charge is 0.307 e. The third kappa shape index (κ3) is 3.72. The van der Waals surface area contributed by atoms with E-state index in [0.717, 1.165) is 10.9 Å². The summed E-state index contributed by atoms with van der Waals surface area (Å²) in [5.41, 5.74) is 0.694. The van der Waals surface area contributed by atoms with Gasteiger partial charge in [-0.3, -0.25) is 0 Å². The summed E-state index contributed by atoms with van der Waals surface area (Å²) in [6, 6.07) is 5.46. The van der Waals surface area contributed by atoms with E-state index < -0.39 is 0 Å². The van der Waals surface area contributed by atoms with Gasteiger partial charge in [0.1, 0.15) is 5.82 Å². The van der Waals surface area contributed by atoms with Crippen LogP contribution >= 0.6 is 15.9 Å². The Balaban J connectivity index is 2.72. The lowest BCUT2D eigenvalue weighted by Gasteiger charge is -2.19. The highest BCUT2D eigenvalue weighted by Gasteiger charge is 2.12. The average Bonchev–Trinajstić information content (AvgIpc) is 2.17. The monoisotopic (exact) mass is 285 g/mol. The Morgan fingerprint density at radius 2 is 2.19 bits per heavy atom. The first-order valence-corrected chi connectivity index (χ1v) is 6.15. The Bertz CT molecular complexity index is 365.